The van der Waals surface area contributed by atoms with E-state index in [1.165, 1.54) is 6.08 Å². The standard InChI is InChI=1S/C19H27NO3/c1-5-8-13-23-18(21)14-15(4)16-11-9-10-12-17(16)19(22)20(6-2)7-3/h9-12,14H,5-8,13H2,1-4H3/b15-14+. The van der Waals surface area contributed by atoms with Crippen LogP contribution in [0.4, 0.5) is 0 Å². The molecule has 126 valence electrons. The second-order valence-corrected chi connectivity index (χ2v) is 5.37. The lowest BCUT2D eigenvalue weighted by Gasteiger charge is -2.20. The molecule has 0 aliphatic heterocycles. The maximum atomic E-state index is 12.6. The molecule has 4 nitrogen and oxygen atoms in total. The molecule has 0 aliphatic rings. The zero-order chi connectivity index (χ0) is 17.2. The average Bonchev–Trinajstić information content (AvgIpc) is 2.56. The summed E-state index contributed by atoms with van der Waals surface area (Å²) in [6.07, 6.45) is 3.30. The van der Waals surface area contributed by atoms with Gasteiger partial charge in [-0.2, -0.15) is 0 Å². The fraction of sp³-hybridized carbons (Fsp3) is 0.474. The summed E-state index contributed by atoms with van der Waals surface area (Å²) < 4.78 is 5.15. The van der Waals surface area contributed by atoms with Crippen LogP contribution >= 0.6 is 0 Å². The van der Waals surface area contributed by atoms with E-state index in [2.05, 4.69) is 0 Å². The highest BCUT2D eigenvalue weighted by molar-refractivity contribution is 6.01. The first-order valence-electron chi connectivity index (χ1n) is 8.28. The maximum Gasteiger partial charge on any atom is 0.331 e. The first-order valence-corrected chi connectivity index (χ1v) is 8.28. The molecule has 4 heteroatoms. The van der Waals surface area contributed by atoms with Crippen LogP contribution in [0.15, 0.2) is 30.3 Å². The minimum Gasteiger partial charge on any atom is -0.463 e. The number of hydrogen-bond acceptors (Lipinski definition) is 3. The van der Waals surface area contributed by atoms with Crippen molar-refractivity contribution in [1.29, 1.82) is 0 Å². The van der Waals surface area contributed by atoms with Crippen molar-refractivity contribution < 1.29 is 14.3 Å². The van der Waals surface area contributed by atoms with Crippen molar-refractivity contribution in [2.75, 3.05) is 19.7 Å². The molecule has 0 saturated heterocycles. The van der Waals surface area contributed by atoms with Crippen molar-refractivity contribution >= 4 is 17.4 Å². The summed E-state index contributed by atoms with van der Waals surface area (Å²) >= 11 is 0. The number of esters is 1. The van der Waals surface area contributed by atoms with E-state index in [0.29, 0.717) is 25.3 Å². The Hall–Kier alpha value is -2.10. The largest absolute Gasteiger partial charge is 0.463 e. The van der Waals surface area contributed by atoms with Crippen LogP contribution in [0.2, 0.25) is 0 Å². The summed E-state index contributed by atoms with van der Waals surface area (Å²) in [5, 5.41) is 0. The predicted molar refractivity (Wildman–Crippen MR) is 93.2 cm³/mol. The third kappa shape index (κ3) is 5.55. The molecule has 1 amide bonds. The molecule has 23 heavy (non-hydrogen) atoms. The van der Waals surface area contributed by atoms with Crippen molar-refractivity contribution in [3.63, 3.8) is 0 Å². The highest BCUT2D eigenvalue weighted by atomic mass is 16.5. The van der Waals surface area contributed by atoms with Crippen molar-refractivity contribution in [2.45, 2.75) is 40.5 Å². The fourth-order valence-corrected chi connectivity index (χ4v) is 2.31. The third-order valence-corrected chi connectivity index (χ3v) is 3.71. The number of amides is 1. The summed E-state index contributed by atoms with van der Waals surface area (Å²) in [5.41, 5.74) is 2.13. The van der Waals surface area contributed by atoms with Crippen LogP contribution in [-0.4, -0.2) is 36.5 Å². The van der Waals surface area contributed by atoms with Crippen LogP contribution in [0.5, 0.6) is 0 Å². The van der Waals surface area contributed by atoms with E-state index in [1.54, 1.807) is 11.0 Å². The molecule has 0 aromatic heterocycles. The molecule has 1 aromatic rings. The quantitative estimate of drug-likeness (QED) is 0.415. The molecule has 0 unspecified atom stereocenters. The first-order chi connectivity index (χ1) is 11.0. The van der Waals surface area contributed by atoms with Gasteiger partial charge in [-0.05, 0) is 44.4 Å². The number of rotatable bonds is 8. The minimum absolute atomic E-state index is 0.0160. The zero-order valence-corrected chi connectivity index (χ0v) is 14.6. The Bertz CT molecular complexity index is 559. The number of carbonyl (C=O) groups is 2. The van der Waals surface area contributed by atoms with Gasteiger partial charge in [0.1, 0.15) is 0 Å². The van der Waals surface area contributed by atoms with Gasteiger partial charge in [-0.3, -0.25) is 4.79 Å². The Kier molecular flexibility index (Phi) is 8.09. The lowest BCUT2D eigenvalue weighted by atomic mass is 9.99. The van der Waals surface area contributed by atoms with Gasteiger partial charge >= 0.3 is 5.97 Å². The van der Waals surface area contributed by atoms with Crippen LogP contribution < -0.4 is 0 Å². The summed E-state index contributed by atoms with van der Waals surface area (Å²) in [6.45, 7) is 9.53. The molecule has 1 aromatic carbocycles. The van der Waals surface area contributed by atoms with E-state index in [-0.39, 0.29) is 11.9 Å². The number of hydrogen-bond donors (Lipinski definition) is 0. The number of allylic oxidation sites excluding steroid dienone is 1. The molecule has 1 rings (SSSR count). The lowest BCUT2D eigenvalue weighted by Crippen LogP contribution is -2.31. The summed E-state index contributed by atoms with van der Waals surface area (Å²) in [5.74, 6) is -0.376. The Morgan fingerprint density at radius 1 is 1.09 bits per heavy atom. The highest BCUT2D eigenvalue weighted by Gasteiger charge is 2.17. The van der Waals surface area contributed by atoms with Crippen molar-refractivity contribution in [3.8, 4) is 0 Å². The topological polar surface area (TPSA) is 46.6 Å². The van der Waals surface area contributed by atoms with Crippen LogP contribution in [0.1, 0.15) is 56.5 Å². The van der Waals surface area contributed by atoms with E-state index in [9.17, 15) is 9.59 Å². The lowest BCUT2D eigenvalue weighted by molar-refractivity contribution is -0.137. The van der Waals surface area contributed by atoms with Crippen LogP contribution in [-0.2, 0) is 9.53 Å². The molecule has 0 fully saturated rings. The van der Waals surface area contributed by atoms with Gasteiger partial charge in [0.25, 0.3) is 5.91 Å². The Morgan fingerprint density at radius 3 is 2.26 bits per heavy atom. The van der Waals surface area contributed by atoms with Gasteiger partial charge in [-0.15, -0.1) is 0 Å². The molecule has 0 bridgehead atoms. The SMILES string of the molecule is CCCCOC(=O)/C=C(\C)c1ccccc1C(=O)N(CC)CC. The monoisotopic (exact) mass is 317 g/mol. The molecule has 0 spiro atoms. The number of unbranched alkanes of at least 4 members (excludes halogenated alkanes) is 1. The van der Waals surface area contributed by atoms with Crippen molar-refractivity contribution in [2.24, 2.45) is 0 Å². The van der Waals surface area contributed by atoms with Gasteiger partial charge in [0, 0.05) is 24.7 Å². The van der Waals surface area contributed by atoms with Crippen LogP contribution in [0.25, 0.3) is 5.57 Å². The molecular formula is C19H27NO3. The minimum atomic E-state index is -0.360. The molecule has 0 aliphatic carbocycles. The average molecular weight is 317 g/mol. The Labute approximate surface area is 139 Å². The smallest absolute Gasteiger partial charge is 0.331 e. The Morgan fingerprint density at radius 2 is 1.70 bits per heavy atom. The highest BCUT2D eigenvalue weighted by Crippen LogP contribution is 2.20. The van der Waals surface area contributed by atoms with E-state index < -0.39 is 0 Å². The fourth-order valence-electron chi connectivity index (χ4n) is 2.31. The molecule has 0 N–H and O–H groups in total. The second kappa shape index (κ2) is 9.82. The number of carbonyl (C=O) groups excluding carboxylic acids is 2. The van der Waals surface area contributed by atoms with Gasteiger partial charge in [0.05, 0.1) is 6.61 Å². The number of benzene rings is 1. The van der Waals surface area contributed by atoms with Gasteiger partial charge < -0.3 is 9.64 Å². The summed E-state index contributed by atoms with van der Waals surface area (Å²) in [6, 6.07) is 7.37. The second-order valence-electron chi connectivity index (χ2n) is 5.37. The Balaban J connectivity index is 2.99. The maximum absolute atomic E-state index is 12.6. The van der Waals surface area contributed by atoms with Crippen molar-refractivity contribution in [3.05, 3.63) is 41.5 Å². The molecular weight excluding hydrogens is 290 g/mol. The summed E-state index contributed by atoms with van der Waals surface area (Å²) in [4.78, 5) is 26.2. The van der Waals surface area contributed by atoms with Crippen LogP contribution in [0.3, 0.4) is 0 Å². The first kappa shape index (κ1) is 18.9. The van der Waals surface area contributed by atoms with E-state index in [0.717, 1.165) is 24.0 Å². The predicted octanol–water partition coefficient (Wildman–Crippen LogP) is 3.92. The van der Waals surface area contributed by atoms with E-state index in [4.69, 9.17) is 4.74 Å². The van der Waals surface area contributed by atoms with E-state index in [1.807, 2.05) is 45.9 Å². The molecule has 0 heterocycles. The van der Waals surface area contributed by atoms with Crippen LogP contribution in [0, 0.1) is 0 Å². The van der Waals surface area contributed by atoms with Gasteiger partial charge in [-0.1, -0.05) is 31.5 Å². The van der Waals surface area contributed by atoms with Crippen molar-refractivity contribution in [1.82, 2.24) is 4.90 Å². The van der Waals surface area contributed by atoms with E-state index >= 15 is 0 Å². The molecule has 0 saturated carbocycles. The zero-order valence-electron chi connectivity index (χ0n) is 14.6. The molecule has 0 atom stereocenters. The normalized spacial score (nSPS) is 11.2. The van der Waals surface area contributed by atoms with Gasteiger partial charge in [0.2, 0.25) is 0 Å². The summed E-state index contributed by atoms with van der Waals surface area (Å²) in [7, 11) is 0. The van der Waals surface area contributed by atoms with Gasteiger partial charge in [-0.25, -0.2) is 4.79 Å². The number of ether oxygens (including phenoxy) is 1. The number of nitrogens with zero attached hydrogens (tertiary/aromatic N) is 1. The van der Waals surface area contributed by atoms with Gasteiger partial charge in [0.15, 0.2) is 0 Å². The molecule has 0 radical (unpaired) electrons. The third-order valence-electron chi connectivity index (χ3n) is 3.71.